The molecule has 0 amide bonds. The second-order valence-electron chi connectivity index (χ2n) is 2.63. The number of nitrogens with one attached hydrogen (secondary N) is 1. The lowest BCUT2D eigenvalue weighted by Crippen LogP contribution is -2.22. The molecule has 0 saturated heterocycles. The minimum Gasteiger partial charge on any atom is -0.473 e. The van der Waals surface area contributed by atoms with E-state index < -0.39 is 11.9 Å². The monoisotopic (exact) mass is 206 g/mol. The topological polar surface area (TPSA) is 113 Å². The summed E-state index contributed by atoms with van der Waals surface area (Å²) in [6.45, 7) is 3.16. The number of carboxylic acids is 2. The van der Waals surface area contributed by atoms with Crippen molar-refractivity contribution in [3.05, 3.63) is 0 Å². The van der Waals surface area contributed by atoms with Gasteiger partial charge in [0.2, 0.25) is 0 Å². The highest BCUT2D eigenvalue weighted by Gasteiger charge is 2.04. The molecule has 0 unspecified atom stereocenters. The van der Waals surface area contributed by atoms with E-state index in [4.69, 9.17) is 25.6 Å². The maximum absolute atomic E-state index is 9.10. The van der Waals surface area contributed by atoms with Gasteiger partial charge in [-0.05, 0) is 6.42 Å². The first kappa shape index (κ1) is 15.3. The molecule has 0 aliphatic rings. The number of unbranched alkanes of at least 4 members (excludes halogenated alkanes) is 3. The zero-order valence-corrected chi connectivity index (χ0v) is 8.32. The predicted octanol–water partition coefficient (Wildman–Crippen LogP) is 0.186. The smallest absolute Gasteiger partial charge is 0.414 e. The van der Waals surface area contributed by atoms with E-state index in [0.29, 0.717) is 0 Å². The molecule has 0 rings (SSSR count). The molecule has 0 bridgehead atoms. The lowest BCUT2D eigenvalue weighted by atomic mass is 10.2. The number of hydrogen-bond donors (Lipinski definition) is 4. The number of rotatable bonds is 5. The number of aliphatic carboxylic acids is 2. The average Bonchev–Trinajstić information content (AvgIpc) is 2.13. The minimum atomic E-state index is -1.82. The van der Waals surface area contributed by atoms with E-state index in [2.05, 4.69) is 12.3 Å². The van der Waals surface area contributed by atoms with Gasteiger partial charge < -0.3 is 10.2 Å². The van der Waals surface area contributed by atoms with E-state index >= 15 is 0 Å². The van der Waals surface area contributed by atoms with Gasteiger partial charge in [0.25, 0.3) is 0 Å². The first-order chi connectivity index (χ1) is 6.56. The van der Waals surface area contributed by atoms with E-state index in [1.165, 1.54) is 25.7 Å². The Balaban J connectivity index is 0. The van der Waals surface area contributed by atoms with Crippen LogP contribution in [0.1, 0.15) is 32.6 Å². The van der Waals surface area contributed by atoms with Gasteiger partial charge in [-0.25, -0.2) is 9.59 Å². The molecule has 6 nitrogen and oxygen atoms in total. The summed E-state index contributed by atoms with van der Waals surface area (Å²) >= 11 is 0. The molecule has 0 aromatic heterocycles. The molecule has 0 aromatic rings. The molecule has 0 aromatic carbocycles. The van der Waals surface area contributed by atoms with Crippen molar-refractivity contribution in [3.8, 4) is 0 Å². The molecule has 84 valence electrons. The summed E-state index contributed by atoms with van der Waals surface area (Å²) in [5.41, 5.74) is 2.63. The van der Waals surface area contributed by atoms with Crippen LogP contribution in [0.4, 0.5) is 0 Å². The highest BCUT2D eigenvalue weighted by molar-refractivity contribution is 6.27. The molecular formula is C8H18N2O4. The Morgan fingerprint density at radius 2 is 1.64 bits per heavy atom. The SMILES string of the molecule is CCCCCCNN.O=C(O)C(=O)O. The first-order valence-electron chi connectivity index (χ1n) is 4.45. The zero-order chi connectivity index (χ0) is 11.4. The summed E-state index contributed by atoms with van der Waals surface area (Å²) in [6, 6.07) is 0. The molecular weight excluding hydrogens is 188 g/mol. The van der Waals surface area contributed by atoms with Gasteiger partial charge in [0.1, 0.15) is 0 Å². The van der Waals surface area contributed by atoms with E-state index in [1.54, 1.807) is 0 Å². The molecule has 0 saturated carbocycles. The lowest BCUT2D eigenvalue weighted by Gasteiger charge is -1.95. The fraction of sp³-hybridized carbons (Fsp3) is 0.750. The summed E-state index contributed by atoms with van der Waals surface area (Å²) in [7, 11) is 0. The zero-order valence-electron chi connectivity index (χ0n) is 8.32. The van der Waals surface area contributed by atoms with E-state index in [-0.39, 0.29) is 0 Å². The van der Waals surface area contributed by atoms with Gasteiger partial charge in [-0.1, -0.05) is 26.2 Å². The quantitative estimate of drug-likeness (QED) is 0.221. The number of carboxylic acid groups (broad SMARTS) is 2. The van der Waals surface area contributed by atoms with Crippen LogP contribution in [-0.2, 0) is 9.59 Å². The number of carbonyl (C=O) groups is 2. The summed E-state index contributed by atoms with van der Waals surface area (Å²) in [4.78, 5) is 18.2. The number of hydrogen-bond acceptors (Lipinski definition) is 4. The van der Waals surface area contributed by atoms with Crippen molar-refractivity contribution in [1.29, 1.82) is 0 Å². The molecule has 5 N–H and O–H groups in total. The number of nitrogens with two attached hydrogens (primary N) is 1. The van der Waals surface area contributed by atoms with Crippen molar-refractivity contribution in [2.24, 2.45) is 5.84 Å². The third kappa shape index (κ3) is 17.1. The Kier molecular flexibility index (Phi) is 13.0. The van der Waals surface area contributed by atoms with Crippen LogP contribution in [0, 0.1) is 0 Å². The minimum absolute atomic E-state index is 0.958. The molecule has 0 heterocycles. The third-order valence-electron chi connectivity index (χ3n) is 1.36. The fourth-order valence-electron chi connectivity index (χ4n) is 0.654. The Morgan fingerprint density at radius 3 is 1.93 bits per heavy atom. The molecule has 0 aliphatic heterocycles. The van der Waals surface area contributed by atoms with Crippen molar-refractivity contribution in [2.75, 3.05) is 6.54 Å². The van der Waals surface area contributed by atoms with E-state index in [1.807, 2.05) is 0 Å². The standard InChI is InChI=1S/C6H16N2.C2H2O4/c1-2-3-4-5-6-8-7;3-1(4)2(5)6/h8H,2-7H2,1H3;(H,3,4)(H,5,6). The van der Waals surface area contributed by atoms with Gasteiger partial charge in [-0.3, -0.25) is 11.3 Å². The molecule has 6 heteroatoms. The highest BCUT2D eigenvalue weighted by Crippen LogP contribution is 1.95. The second kappa shape index (κ2) is 11.9. The van der Waals surface area contributed by atoms with Crippen LogP contribution in [0.25, 0.3) is 0 Å². The maximum atomic E-state index is 9.10. The second-order valence-corrected chi connectivity index (χ2v) is 2.63. The Bertz CT molecular complexity index is 143. The number of hydrazine groups is 1. The van der Waals surface area contributed by atoms with Gasteiger partial charge in [-0.15, -0.1) is 0 Å². The van der Waals surface area contributed by atoms with Crippen LogP contribution in [0.3, 0.4) is 0 Å². The van der Waals surface area contributed by atoms with Crippen LogP contribution < -0.4 is 11.3 Å². The Hall–Kier alpha value is -1.14. The summed E-state index contributed by atoms with van der Waals surface area (Å²) in [5.74, 6) is 1.41. The molecule has 0 radical (unpaired) electrons. The van der Waals surface area contributed by atoms with Crippen LogP contribution in [0.15, 0.2) is 0 Å². The van der Waals surface area contributed by atoms with Crippen LogP contribution in [-0.4, -0.2) is 28.7 Å². The summed E-state index contributed by atoms with van der Waals surface area (Å²) < 4.78 is 0. The maximum Gasteiger partial charge on any atom is 0.414 e. The van der Waals surface area contributed by atoms with Gasteiger partial charge in [0.15, 0.2) is 0 Å². The average molecular weight is 206 g/mol. The Morgan fingerprint density at radius 1 is 1.14 bits per heavy atom. The fourth-order valence-corrected chi connectivity index (χ4v) is 0.654. The molecule has 14 heavy (non-hydrogen) atoms. The molecule has 0 aliphatic carbocycles. The predicted molar refractivity (Wildman–Crippen MR) is 51.6 cm³/mol. The molecule has 0 fully saturated rings. The van der Waals surface area contributed by atoms with Crippen molar-refractivity contribution in [1.82, 2.24) is 5.43 Å². The summed E-state index contributed by atoms with van der Waals surface area (Å²) in [5, 5.41) is 14.8. The van der Waals surface area contributed by atoms with Crippen molar-refractivity contribution >= 4 is 11.9 Å². The van der Waals surface area contributed by atoms with Crippen LogP contribution >= 0.6 is 0 Å². The lowest BCUT2D eigenvalue weighted by molar-refractivity contribution is -0.159. The van der Waals surface area contributed by atoms with E-state index in [9.17, 15) is 0 Å². The molecule has 0 spiro atoms. The van der Waals surface area contributed by atoms with Crippen LogP contribution in [0.5, 0.6) is 0 Å². The van der Waals surface area contributed by atoms with Gasteiger partial charge in [0, 0.05) is 6.54 Å². The van der Waals surface area contributed by atoms with Gasteiger partial charge in [-0.2, -0.15) is 0 Å². The van der Waals surface area contributed by atoms with Gasteiger partial charge >= 0.3 is 11.9 Å². The highest BCUT2D eigenvalue weighted by atomic mass is 16.4. The van der Waals surface area contributed by atoms with Crippen molar-refractivity contribution in [3.63, 3.8) is 0 Å². The van der Waals surface area contributed by atoms with Crippen molar-refractivity contribution in [2.45, 2.75) is 32.6 Å². The van der Waals surface area contributed by atoms with Crippen LogP contribution in [0.2, 0.25) is 0 Å². The first-order valence-corrected chi connectivity index (χ1v) is 4.45. The van der Waals surface area contributed by atoms with E-state index in [0.717, 1.165) is 6.54 Å². The summed E-state index contributed by atoms with van der Waals surface area (Å²) in [6.07, 6.45) is 5.15. The third-order valence-corrected chi connectivity index (χ3v) is 1.36. The molecule has 0 atom stereocenters. The normalized spacial score (nSPS) is 8.71. The van der Waals surface area contributed by atoms with Gasteiger partial charge in [0.05, 0.1) is 0 Å². The Labute approximate surface area is 83.1 Å². The largest absolute Gasteiger partial charge is 0.473 e. The van der Waals surface area contributed by atoms with Crippen molar-refractivity contribution < 1.29 is 19.8 Å².